The summed E-state index contributed by atoms with van der Waals surface area (Å²) >= 11 is 0. The van der Waals surface area contributed by atoms with Crippen LogP contribution in [0.15, 0.2) is 23.8 Å². The molecule has 1 N–H and O–H groups in total. The number of fused-ring (bicyclic) bond motifs is 5. The molecule has 2 nitrogen and oxygen atoms in total. The first-order valence-corrected chi connectivity index (χ1v) is 8.57. The van der Waals surface area contributed by atoms with E-state index in [0.717, 1.165) is 25.2 Å². The van der Waals surface area contributed by atoms with Crippen LogP contribution in [0.2, 0.25) is 0 Å². The molecular formula is C19H26O2. The van der Waals surface area contributed by atoms with Gasteiger partial charge in [-0.25, -0.2) is 0 Å². The van der Waals surface area contributed by atoms with E-state index in [9.17, 15) is 9.90 Å². The van der Waals surface area contributed by atoms with E-state index in [2.05, 4.69) is 19.9 Å². The van der Waals surface area contributed by atoms with Crippen LogP contribution in [-0.2, 0) is 4.79 Å². The molecular weight excluding hydrogens is 260 g/mol. The molecule has 0 radical (unpaired) electrons. The van der Waals surface area contributed by atoms with Gasteiger partial charge >= 0.3 is 0 Å². The molecule has 2 heteroatoms. The third kappa shape index (κ3) is 1.72. The van der Waals surface area contributed by atoms with E-state index in [1.54, 1.807) is 6.08 Å². The van der Waals surface area contributed by atoms with E-state index in [4.69, 9.17) is 0 Å². The Bertz CT molecular complexity index is 546. The number of aliphatic hydroxyl groups is 1. The molecule has 0 saturated heterocycles. The zero-order valence-corrected chi connectivity index (χ0v) is 13.1. The van der Waals surface area contributed by atoms with Gasteiger partial charge in [-0.15, -0.1) is 0 Å². The third-order valence-electron chi connectivity index (χ3n) is 7.51. The lowest BCUT2D eigenvalue weighted by Crippen LogP contribution is -2.50. The molecule has 3 fully saturated rings. The SMILES string of the molecule is C[C@@]12CC[C@H]3[C@@H](CCC4=CC(=O)C=C[C@@]43C)[C@@H]1CC[C@H]2O. The fourth-order valence-corrected chi connectivity index (χ4v) is 6.17. The molecule has 114 valence electrons. The van der Waals surface area contributed by atoms with Crippen LogP contribution in [0.4, 0.5) is 0 Å². The van der Waals surface area contributed by atoms with E-state index in [1.165, 1.54) is 24.8 Å². The van der Waals surface area contributed by atoms with Crippen molar-refractivity contribution < 1.29 is 9.90 Å². The van der Waals surface area contributed by atoms with Crippen molar-refractivity contribution in [1.29, 1.82) is 0 Å². The molecule has 0 bridgehead atoms. The predicted molar refractivity (Wildman–Crippen MR) is 82.6 cm³/mol. The van der Waals surface area contributed by atoms with Crippen molar-refractivity contribution in [1.82, 2.24) is 0 Å². The molecule has 0 aromatic rings. The summed E-state index contributed by atoms with van der Waals surface area (Å²) in [5.41, 5.74) is 1.59. The molecule has 0 aromatic heterocycles. The van der Waals surface area contributed by atoms with Crippen molar-refractivity contribution in [3.05, 3.63) is 23.8 Å². The van der Waals surface area contributed by atoms with Crippen molar-refractivity contribution in [2.75, 3.05) is 0 Å². The number of ketones is 1. The lowest BCUT2D eigenvalue weighted by molar-refractivity contribution is -0.111. The molecule has 0 heterocycles. The van der Waals surface area contributed by atoms with Crippen LogP contribution < -0.4 is 0 Å². The molecule has 0 aromatic carbocycles. The maximum absolute atomic E-state index is 11.7. The van der Waals surface area contributed by atoms with Crippen molar-refractivity contribution in [2.45, 2.75) is 58.5 Å². The lowest BCUT2D eigenvalue weighted by Gasteiger charge is -2.56. The summed E-state index contributed by atoms with van der Waals surface area (Å²) in [6, 6.07) is 0. The van der Waals surface area contributed by atoms with Crippen LogP contribution in [-0.4, -0.2) is 17.0 Å². The maximum atomic E-state index is 11.7. The van der Waals surface area contributed by atoms with Crippen molar-refractivity contribution in [3.8, 4) is 0 Å². The summed E-state index contributed by atoms with van der Waals surface area (Å²) in [6.07, 6.45) is 12.6. The zero-order chi connectivity index (χ0) is 14.8. The maximum Gasteiger partial charge on any atom is 0.178 e. The number of rotatable bonds is 0. The van der Waals surface area contributed by atoms with Crippen LogP contribution in [0.25, 0.3) is 0 Å². The van der Waals surface area contributed by atoms with Crippen molar-refractivity contribution >= 4 is 5.78 Å². The Labute approximate surface area is 127 Å². The second kappa shape index (κ2) is 4.32. The number of aliphatic hydroxyl groups excluding tert-OH is 1. The Kier molecular flexibility index (Phi) is 2.83. The topological polar surface area (TPSA) is 37.3 Å². The molecule has 0 aliphatic heterocycles. The fraction of sp³-hybridized carbons (Fsp3) is 0.737. The van der Waals surface area contributed by atoms with Gasteiger partial charge in [-0.1, -0.05) is 25.5 Å². The fourth-order valence-electron chi connectivity index (χ4n) is 6.17. The molecule has 6 atom stereocenters. The minimum atomic E-state index is -0.100. The van der Waals surface area contributed by atoms with Gasteiger partial charge in [0.05, 0.1) is 6.10 Å². The van der Waals surface area contributed by atoms with Gasteiger partial charge in [0.2, 0.25) is 0 Å². The lowest BCUT2D eigenvalue weighted by atomic mass is 9.48. The largest absolute Gasteiger partial charge is 0.393 e. The number of hydrogen-bond donors (Lipinski definition) is 1. The van der Waals surface area contributed by atoms with Gasteiger partial charge in [-0.05, 0) is 73.8 Å². The molecule has 0 spiro atoms. The van der Waals surface area contributed by atoms with Gasteiger partial charge in [0.15, 0.2) is 5.78 Å². The number of allylic oxidation sites excluding steroid dienone is 4. The molecule has 4 aliphatic rings. The average Bonchev–Trinajstić information content (AvgIpc) is 2.76. The molecule has 3 saturated carbocycles. The highest BCUT2D eigenvalue weighted by molar-refractivity contribution is 6.01. The third-order valence-corrected chi connectivity index (χ3v) is 7.51. The zero-order valence-electron chi connectivity index (χ0n) is 13.1. The highest BCUT2D eigenvalue weighted by atomic mass is 16.3. The Hall–Kier alpha value is -0.890. The first-order valence-electron chi connectivity index (χ1n) is 8.57. The van der Waals surface area contributed by atoms with Gasteiger partial charge in [0.1, 0.15) is 0 Å². The summed E-state index contributed by atoms with van der Waals surface area (Å²) in [5.74, 6) is 2.22. The molecule has 21 heavy (non-hydrogen) atoms. The molecule has 4 rings (SSSR count). The Balaban J connectivity index is 1.70. The highest BCUT2D eigenvalue weighted by Crippen LogP contribution is 2.64. The Morgan fingerprint density at radius 3 is 2.76 bits per heavy atom. The molecule has 0 amide bonds. The molecule has 0 unspecified atom stereocenters. The van der Waals surface area contributed by atoms with Crippen LogP contribution in [0, 0.1) is 28.6 Å². The monoisotopic (exact) mass is 286 g/mol. The van der Waals surface area contributed by atoms with Gasteiger partial charge < -0.3 is 5.11 Å². The van der Waals surface area contributed by atoms with Gasteiger partial charge in [-0.3, -0.25) is 4.79 Å². The summed E-state index contributed by atoms with van der Waals surface area (Å²) in [7, 11) is 0. The van der Waals surface area contributed by atoms with Crippen LogP contribution in [0.1, 0.15) is 52.4 Å². The normalized spacial score (nSPS) is 52.0. The van der Waals surface area contributed by atoms with Crippen molar-refractivity contribution in [3.63, 3.8) is 0 Å². The van der Waals surface area contributed by atoms with Gasteiger partial charge in [-0.2, -0.15) is 0 Å². The van der Waals surface area contributed by atoms with E-state index in [0.29, 0.717) is 11.8 Å². The van der Waals surface area contributed by atoms with E-state index >= 15 is 0 Å². The van der Waals surface area contributed by atoms with Gasteiger partial charge in [0.25, 0.3) is 0 Å². The quantitative estimate of drug-likeness (QED) is 0.738. The smallest absolute Gasteiger partial charge is 0.178 e. The second-order valence-electron chi connectivity index (χ2n) is 8.24. The number of carbonyl (C=O) groups is 1. The molecule has 4 aliphatic carbocycles. The minimum absolute atomic E-state index is 0.0890. The van der Waals surface area contributed by atoms with E-state index in [1.807, 2.05) is 6.08 Å². The first-order chi connectivity index (χ1) is 9.95. The number of hydrogen-bond acceptors (Lipinski definition) is 2. The standard InChI is InChI=1S/C19H26O2/c1-18-9-7-13(20)11-12(18)3-4-14-15-5-6-17(21)19(15,2)10-8-16(14)18/h7,9,11,14-17,21H,3-6,8,10H2,1-2H3/t14-,15-,16-,17+,18-,19+/m0/s1. The summed E-state index contributed by atoms with van der Waals surface area (Å²) in [5, 5.41) is 10.4. The van der Waals surface area contributed by atoms with E-state index < -0.39 is 0 Å². The number of carbonyl (C=O) groups excluding carboxylic acids is 1. The summed E-state index contributed by atoms with van der Waals surface area (Å²) in [6.45, 7) is 4.66. The highest BCUT2D eigenvalue weighted by Gasteiger charge is 2.58. The second-order valence-corrected chi connectivity index (χ2v) is 8.24. The summed E-state index contributed by atoms with van der Waals surface area (Å²) in [4.78, 5) is 11.7. The first kappa shape index (κ1) is 13.8. The van der Waals surface area contributed by atoms with Crippen LogP contribution in [0.5, 0.6) is 0 Å². The van der Waals surface area contributed by atoms with Crippen LogP contribution in [0.3, 0.4) is 0 Å². The summed E-state index contributed by atoms with van der Waals surface area (Å²) < 4.78 is 0. The predicted octanol–water partition coefficient (Wildman–Crippen LogP) is 3.66. The average molecular weight is 286 g/mol. The Morgan fingerprint density at radius 1 is 1.14 bits per heavy atom. The minimum Gasteiger partial charge on any atom is -0.393 e. The van der Waals surface area contributed by atoms with Gasteiger partial charge in [0, 0.05) is 5.41 Å². The van der Waals surface area contributed by atoms with Crippen molar-refractivity contribution in [2.24, 2.45) is 28.6 Å². The Morgan fingerprint density at radius 2 is 1.95 bits per heavy atom. The van der Waals surface area contributed by atoms with Crippen LogP contribution >= 0.6 is 0 Å². The van der Waals surface area contributed by atoms with E-state index in [-0.39, 0.29) is 22.7 Å².